The van der Waals surface area contributed by atoms with Crippen molar-refractivity contribution < 1.29 is 0 Å². The van der Waals surface area contributed by atoms with Gasteiger partial charge in [0.1, 0.15) is 4.87 Å². The summed E-state index contributed by atoms with van der Waals surface area (Å²) >= 11 is 17.8. The molecule has 0 radical (unpaired) electrons. The molecule has 0 heterocycles. The van der Waals surface area contributed by atoms with E-state index in [1.807, 2.05) is 0 Å². The van der Waals surface area contributed by atoms with Crippen molar-refractivity contribution >= 4 is 34.8 Å². The Labute approximate surface area is 81.1 Å². The van der Waals surface area contributed by atoms with Crippen molar-refractivity contribution in [1.82, 2.24) is 0 Å². The minimum absolute atomic E-state index is 0.320. The summed E-state index contributed by atoms with van der Waals surface area (Å²) in [7, 11) is 0. The van der Waals surface area contributed by atoms with Crippen LogP contribution in [-0.4, -0.2) is 10.3 Å². The van der Waals surface area contributed by atoms with Gasteiger partial charge < -0.3 is 0 Å². The number of hydrogen-bond donors (Lipinski definition) is 0. The molecule has 1 aliphatic rings. The lowest BCUT2D eigenvalue weighted by atomic mass is 9.99. The zero-order valence-electron chi connectivity index (χ0n) is 5.73. The van der Waals surface area contributed by atoms with Gasteiger partial charge in [0.2, 0.25) is 0 Å². The van der Waals surface area contributed by atoms with Gasteiger partial charge in [0, 0.05) is 5.03 Å². The Morgan fingerprint density at radius 1 is 1.64 bits per heavy atom. The number of alkyl halides is 2. The van der Waals surface area contributed by atoms with Crippen LogP contribution in [0.25, 0.3) is 0 Å². The van der Waals surface area contributed by atoms with E-state index in [1.54, 1.807) is 24.3 Å². The molecule has 0 saturated carbocycles. The van der Waals surface area contributed by atoms with Crippen LogP contribution in [0.15, 0.2) is 35.9 Å². The van der Waals surface area contributed by atoms with E-state index in [0.717, 1.165) is 0 Å². The summed E-state index contributed by atoms with van der Waals surface area (Å²) in [5.41, 5.74) is 0. The number of allylic oxidation sites excluding steroid dienone is 5. The summed E-state index contributed by atoms with van der Waals surface area (Å²) in [6.07, 6.45) is 6.83. The SMILES string of the molecule is C=CC1(Cl)C(Cl)=CC=CC1Cl. The van der Waals surface area contributed by atoms with Gasteiger partial charge in [-0.25, -0.2) is 0 Å². The molecule has 0 bridgehead atoms. The van der Waals surface area contributed by atoms with Crippen LogP contribution in [0.3, 0.4) is 0 Å². The molecule has 1 rings (SSSR count). The highest BCUT2D eigenvalue weighted by Gasteiger charge is 2.35. The second-order valence-electron chi connectivity index (χ2n) is 2.27. The van der Waals surface area contributed by atoms with Crippen LogP contribution >= 0.6 is 34.8 Å². The Morgan fingerprint density at radius 3 is 2.64 bits per heavy atom. The van der Waals surface area contributed by atoms with Crippen molar-refractivity contribution in [3.63, 3.8) is 0 Å². The predicted molar refractivity (Wildman–Crippen MR) is 51.5 cm³/mol. The van der Waals surface area contributed by atoms with E-state index in [-0.39, 0.29) is 5.38 Å². The van der Waals surface area contributed by atoms with Gasteiger partial charge in [-0.2, -0.15) is 0 Å². The van der Waals surface area contributed by atoms with Crippen LogP contribution < -0.4 is 0 Å². The lowest BCUT2D eigenvalue weighted by Gasteiger charge is -2.27. The predicted octanol–water partition coefficient (Wildman–Crippen LogP) is 3.45. The maximum Gasteiger partial charge on any atom is 0.117 e. The van der Waals surface area contributed by atoms with Gasteiger partial charge >= 0.3 is 0 Å². The fourth-order valence-corrected chi connectivity index (χ4v) is 1.60. The van der Waals surface area contributed by atoms with Crippen molar-refractivity contribution in [3.05, 3.63) is 35.9 Å². The van der Waals surface area contributed by atoms with E-state index in [1.165, 1.54) is 0 Å². The molecule has 2 unspecified atom stereocenters. The Balaban J connectivity index is 3.03. The Bertz CT molecular complexity index is 229. The lowest BCUT2D eigenvalue weighted by molar-refractivity contribution is 0.860. The fraction of sp³-hybridized carbons (Fsp3) is 0.250. The molecule has 60 valence electrons. The van der Waals surface area contributed by atoms with Gasteiger partial charge in [-0.1, -0.05) is 29.8 Å². The Kier molecular flexibility index (Phi) is 2.69. The summed E-state index contributed by atoms with van der Waals surface area (Å²) < 4.78 is 0. The molecule has 0 aromatic heterocycles. The number of rotatable bonds is 1. The largest absolute Gasteiger partial charge is 0.117 e. The monoisotopic (exact) mass is 208 g/mol. The van der Waals surface area contributed by atoms with E-state index < -0.39 is 4.87 Å². The van der Waals surface area contributed by atoms with Crippen LogP contribution in [0.1, 0.15) is 0 Å². The van der Waals surface area contributed by atoms with E-state index in [9.17, 15) is 0 Å². The first-order valence-electron chi connectivity index (χ1n) is 3.12. The van der Waals surface area contributed by atoms with Crippen LogP contribution in [0.2, 0.25) is 0 Å². The number of hydrogen-bond acceptors (Lipinski definition) is 0. The molecule has 0 aromatic rings. The zero-order chi connectivity index (χ0) is 8.48. The van der Waals surface area contributed by atoms with E-state index in [0.29, 0.717) is 5.03 Å². The van der Waals surface area contributed by atoms with Crippen LogP contribution in [0.4, 0.5) is 0 Å². The molecule has 0 N–H and O–H groups in total. The second kappa shape index (κ2) is 3.22. The minimum Gasteiger partial charge on any atom is -0.116 e. The molecular weight excluding hydrogens is 202 g/mol. The normalized spacial score (nSPS) is 36.6. The summed E-state index contributed by atoms with van der Waals surface area (Å²) in [5.74, 6) is 0. The summed E-state index contributed by atoms with van der Waals surface area (Å²) in [6.45, 7) is 3.58. The second-order valence-corrected chi connectivity index (χ2v) is 3.78. The van der Waals surface area contributed by atoms with Crippen molar-refractivity contribution in [2.75, 3.05) is 0 Å². The Hall–Kier alpha value is 0.0900. The third kappa shape index (κ3) is 1.48. The van der Waals surface area contributed by atoms with Crippen molar-refractivity contribution in [2.24, 2.45) is 0 Å². The van der Waals surface area contributed by atoms with E-state index >= 15 is 0 Å². The van der Waals surface area contributed by atoms with Gasteiger partial charge in [0.25, 0.3) is 0 Å². The van der Waals surface area contributed by atoms with Crippen LogP contribution in [-0.2, 0) is 0 Å². The topological polar surface area (TPSA) is 0 Å². The van der Waals surface area contributed by atoms with Gasteiger partial charge in [-0.05, 0) is 6.08 Å². The molecule has 3 heteroatoms. The van der Waals surface area contributed by atoms with Crippen LogP contribution in [0.5, 0.6) is 0 Å². The first-order chi connectivity index (χ1) is 5.11. The van der Waals surface area contributed by atoms with Gasteiger partial charge in [0.05, 0.1) is 5.38 Å². The summed E-state index contributed by atoms with van der Waals surface area (Å²) in [4.78, 5) is -0.822. The highest BCUT2D eigenvalue weighted by atomic mass is 35.5. The van der Waals surface area contributed by atoms with Gasteiger partial charge in [0.15, 0.2) is 0 Å². The highest BCUT2D eigenvalue weighted by molar-refractivity contribution is 6.44. The lowest BCUT2D eigenvalue weighted by Crippen LogP contribution is -2.31. The van der Waals surface area contributed by atoms with Gasteiger partial charge in [-0.3, -0.25) is 0 Å². The van der Waals surface area contributed by atoms with Crippen molar-refractivity contribution in [1.29, 1.82) is 0 Å². The molecule has 0 saturated heterocycles. The quantitative estimate of drug-likeness (QED) is 0.458. The number of halogens is 3. The molecule has 1 aliphatic carbocycles. The highest BCUT2D eigenvalue weighted by Crippen LogP contribution is 2.38. The van der Waals surface area contributed by atoms with Crippen molar-refractivity contribution in [2.45, 2.75) is 10.3 Å². The smallest absolute Gasteiger partial charge is 0.116 e. The molecule has 11 heavy (non-hydrogen) atoms. The zero-order valence-corrected chi connectivity index (χ0v) is 8.00. The first-order valence-corrected chi connectivity index (χ1v) is 4.31. The average molecular weight is 210 g/mol. The maximum atomic E-state index is 6.06. The standard InChI is InChI=1S/C8H7Cl3/c1-2-8(11)6(9)4-3-5-7(8)10/h2-6H,1H2. The van der Waals surface area contributed by atoms with E-state index in [4.69, 9.17) is 34.8 Å². The minimum atomic E-state index is -0.822. The fourth-order valence-electron chi connectivity index (χ4n) is 0.847. The molecule has 0 fully saturated rings. The maximum absolute atomic E-state index is 6.06. The summed E-state index contributed by atoms with van der Waals surface area (Å²) in [6, 6.07) is 0. The third-order valence-electron chi connectivity index (χ3n) is 1.59. The first kappa shape index (κ1) is 9.18. The summed E-state index contributed by atoms with van der Waals surface area (Å²) in [5, 5.41) is 0.191. The third-order valence-corrected chi connectivity index (χ3v) is 3.32. The van der Waals surface area contributed by atoms with Gasteiger partial charge in [-0.15, -0.1) is 29.8 Å². The molecule has 0 aliphatic heterocycles. The average Bonchev–Trinajstić information content (AvgIpc) is 2.00. The van der Waals surface area contributed by atoms with Crippen molar-refractivity contribution in [3.8, 4) is 0 Å². The molecular formula is C8H7Cl3. The Morgan fingerprint density at radius 2 is 2.27 bits per heavy atom. The molecule has 0 aromatic carbocycles. The molecule has 0 spiro atoms. The molecule has 2 atom stereocenters. The van der Waals surface area contributed by atoms with Crippen LogP contribution in [0, 0.1) is 0 Å². The molecule has 0 nitrogen and oxygen atoms in total. The van der Waals surface area contributed by atoms with E-state index in [2.05, 4.69) is 6.58 Å². The molecule has 0 amide bonds.